The molecule has 7 aliphatic carbocycles. The fourth-order valence-corrected chi connectivity index (χ4v) is 22.7. The molecule has 0 radical (unpaired) electrons. The van der Waals surface area contributed by atoms with Crippen LogP contribution in [0.15, 0.2) is 30.3 Å². The van der Waals surface area contributed by atoms with Gasteiger partial charge in [0.05, 0.1) is 0 Å². The Kier molecular flexibility index (Phi) is 70.9. The third-order valence-electron chi connectivity index (χ3n) is 29.4. The molecule has 29 atom stereocenters. The van der Waals surface area contributed by atoms with Crippen LogP contribution in [0.3, 0.4) is 0 Å². The first-order valence-corrected chi connectivity index (χ1v) is 48.1. The van der Waals surface area contributed by atoms with E-state index >= 15 is 0 Å². The van der Waals surface area contributed by atoms with Gasteiger partial charge in [0.15, 0.2) is 0 Å². The zero-order chi connectivity index (χ0) is 82.6. The van der Waals surface area contributed by atoms with Crippen LogP contribution in [0.4, 0.5) is 5.69 Å². The molecule has 672 valence electrons. The molecule has 124 heavy (non-hydrogen) atoms. The minimum Gasteiger partial charge on any atom is -0.868 e. The fourth-order valence-electron chi connectivity index (χ4n) is 22.7. The number of benzene rings is 1. The molecule has 7 saturated carbocycles. The number of hydrogen-bond donors (Lipinski definition) is 0. The molecule has 12 heterocycles. The summed E-state index contributed by atoms with van der Waals surface area (Å²) in [5.74, 6) is 9.52. The average molecular weight is 1670 g/mol. The molecule has 29 unspecified atom stereocenters. The summed E-state index contributed by atoms with van der Waals surface area (Å²) in [6, 6.07) is 10.7. The molecule has 1 aromatic rings. The van der Waals surface area contributed by atoms with E-state index in [1.807, 2.05) is 31.2 Å². The van der Waals surface area contributed by atoms with Crippen LogP contribution in [0.2, 0.25) is 0 Å². The molecule has 0 amide bonds. The number of hydrogen-bond acceptors (Lipinski definition) is 12. The normalized spacial score (nSPS) is 38.7. The van der Waals surface area contributed by atoms with Gasteiger partial charge in [-0.25, -0.2) is 43.6 Å². The largest absolute Gasteiger partial charge is 1.00 e. The Hall–Kier alpha value is 2.78. The first-order valence-electron chi connectivity index (χ1n) is 48.1. The third kappa shape index (κ3) is 44.7. The maximum Gasteiger partial charge on any atom is 1.00 e. The average Bonchev–Trinajstić information content (AvgIpc) is 1.43. The number of ether oxygens (including phenoxy) is 4. The molecular weight excluding hydrogens is 1510 g/mol. The molecule has 12 aliphatic heterocycles. The van der Waals surface area contributed by atoms with Gasteiger partial charge in [-0.3, -0.25) is 0 Å². The van der Waals surface area contributed by atoms with E-state index < -0.39 is 49.8 Å². The summed E-state index contributed by atoms with van der Waals surface area (Å²) in [5.41, 5.74) is 2.92. The number of para-hydroxylation sites is 1. The van der Waals surface area contributed by atoms with Crippen molar-refractivity contribution in [2.75, 3.05) is 52.9 Å². The fraction of sp³-hybridized carbons (Fsp3) is 0.917. The molecule has 0 spiro atoms. The summed E-state index contributed by atoms with van der Waals surface area (Å²) < 4.78 is 19.8. The van der Waals surface area contributed by atoms with Gasteiger partial charge >= 0.3 is 151 Å². The summed E-state index contributed by atoms with van der Waals surface area (Å²) in [6.07, 6.45) is 47.9. The van der Waals surface area contributed by atoms with Crippen LogP contribution < -0.4 is 192 Å². The van der Waals surface area contributed by atoms with E-state index in [0.29, 0.717) is 83.7 Å². The molecule has 11 saturated heterocycles. The second-order valence-electron chi connectivity index (χ2n) is 38.5. The van der Waals surface area contributed by atoms with Gasteiger partial charge in [-0.05, 0) is 105 Å². The third-order valence-corrected chi connectivity index (χ3v) is 29.4. The quantitative estimate of drug-likeness (QED) is 0.219. The Balaban J connectivity index is 0.000000680. The van der Waals surface area contributed by atoms with Crippen molar-refractivity contribution in [3.8, 4) is 0 Å². The van der Waals surface area contributed by atoms with Crippen LogP contribution in [-0.4, -0.2) is 145 Å². The number of nitrogens with zero attached hydrogens (tertiary/aromatic N) is 8. The SMILES string of the molecule is C1CCOC1.C1CCOC1.C1CCOC1.C1CCOC1.CC1=CC([O-])[N-]c2ccccc21.CC1CC([O-])[N-]C2CCCCC12.CC1CC([O-])[N-]C2CCCCC12.CC1CC([O-])[N-]C2CCCCC12.CC1CC([O-])[N-]C2CCCCC12.CC1CC([O-])[N-]C2CCCCC12.CC1CC([O-])[N-]C2CCCCC12.CC1CC([O-])[N-]C2CCCCC12.[Li+].[Li+].[Li+].[Li+].[Li+].[Li+].[Li+].[Li+]. The topological polar surface area (TPSA) is 334 Å². The smallest absolute Gasteiger partial charge is 0.868 e. The Morgan fingerprint density at radius 2 is 0.411 bits per heavy atom. The Morgan fingerprint density at radius 1 is 0.242 bits per heavy atom. The van der Waals surface area contributed by atoms with Gasteiger partial charge in [-0.15, -0.1) is 54.1 Å². The van der Waals surface area contributed by atoms with Crippen molar-refractivity contribution in [3.05, 3.63) is 78.4 Å². The molecule has 1 aromatic carbocycles. The summed E-state index contributed by atoms with van der Waals surface area (Å²) in [7, 11) is 0. The second-order valence-corrected chi connectivity index (χ2v) is 38.5. The number of piperidine rings is 7. The van der Waals surface area contributed by atoms with Crippen molar-refractivity contribution < 1.29 is 211 Å². The summed E-state index contributed by atoms with van der Waals surface area (Å²) in [4.78, 5) is 0. The van der Waals surface area contributed by atoms with E-state index in [1.54, 1.807) is 6.08 Å². The van der Waals surface area contributed by atoms with E-state index in [-0.39, 0.29) is 151 Å². The second kappa shape index (κ2) is 70.4. The van der Waals surface area contributed by atoms with Crippen LogP contribution in [0, 0.1) is 82.9 Å². The zero-order valence-corrected chi connectivity index (χ0v) is 81.7. The maximum atomic E-state index is 11.2. The van der Waals surface area contributed by atoms with Crippen LogP contribution in [0.25, 0.3) is 48.1 Å². The van der Waals surface area contributed by atoms with Crippen LogP contribution in [0.1, 0.15) is 337 Å². The summed E-state index contributed by atoms with van der Waals surface area (Å²) in [5, 5.41) is 124. The van der Waals surface area contributed by atoms with Crippen molar-refractivity contribution in [2.45, 2.75) is 424 Å². The molecule has 0 bridgehead atoms. The zero-order valence-electron chi connectivity index (χ0n) is 81.7. The van der Waals surface area contributed by atoms with Crippen LogP contribution in [0.5, 0.6) is 0 Å². The molecule has 28 heteroatoms. The molecule has 20 nitrogen and oxygen atoms in total. The number of rotatable bonds is 0. The van der Waals surface area contributed by atoms with E-state index in [0.717, 1.165) is 156 Å². The van der Waals surface area contributed by atoms with Gasteiger partial charge in [0, 0.05) is 52.9 Å². The summed E-state index contributed by atoms with van der Waals surface area (Å²) >= 11 is 0. The first-order chi connectivity index (χ1) is 56.2. The molecule has 18 fully saturated rings. The van der Waals surface area contributed by atoms with Crippen molar-refractivity contribution in [1.29, 1.82) is 0 Å². The Bertz CT molecular complexity index is 2370. The predicted octanol–water partition coefficient (Wildman–Crippen LogP) is -7.47. The van der Waals surface area contributed by atoms with Crippen LogP contribution in [-0.2, 0) is 18.9 Å². The minimum atomic E-state index is -0.917. The Labute approximate surface area is 851 Å². The van der Waals surface area contributed by atoms with Crippen LogP contribution >= 0.6 is 0 Å². The molecule has 0 aromatic heterocycles. The summed E-state index contributed by atoms with van der Waals surface area (Å²) in [6.45, 7) is 25.5. The van der Waals surface area contributed by atoms with E-state index in [1.165, 1.54) is 231 Å². The van der Waals surface area contributed by atoms with Gasteiger partial charge in [0.2, 0.25) is 0 Å². The predicted molar refractivity (Wildman–Crippen MR) is 454 cm³/mol. The minimum absolute atomic E-state index is 0. The van der Waals surface area contributed by atoms with Crippen molar-refractivity contribution in [3.63, 3.8) is 0 Å². The van der Waals surface area contributed by atoms with Gasteiger partial charge in [0.1, 0.15) is 0 Å². The van der Waals surface area contributed by atoms with E-state index in [9.17, 15) is 40.9 Å². The van der Waals surface area contributed by atoms with Crippen molar-refractivity contribution in [1.82, 2.24) is 0 Å². The maximum absolute atomic E-state index is 11.2. The molecule has 20 rings (SSSR count). The Morgan fingerprint density at radius 3 is 0.581 bits per heavy atom. The van der Waals surface area contributed by atoms with E-state index in [2.05, 4.69) is 91.0 Å². The molecule has 0 N–H and O–H groups in total. The molecular formula is C96H160Li8N8O12-8. The number of allylic oxidation sites excluding steroid dienone is 1. The van der Waals surface area contributed by atoms with Gasteiger partial charge in [-0.2, -0.15) is 6.23 Å². The molecule has 19 aliphatic rings. The van der Waals surface area contributed by atoms with Gasteiger partial charge in [0.25, 0.3) is 0 Å². The standard InChI is InChI=1S/7C10H17NO.C10H9NO.4C4H8O.8Li/c8*1-7-6-10(12)11-9-5-3-2-4-8(7)9;4*1-2-4-5-3-1;;;;;;;;/h7*7-10H,2-6H2,1H3;2-6,10H,1H3;4*1-4H2;;;;;;;;/q8*-2;;;;;8*+1. The van der Waals surface area contributed by atoms with Crippen molar-refractivity contribution >= 4 is 11.3 Å². The van der Waals surface area contributed by atoms with E-state index in [4.69, 9.17) is 18.9 Å². The first kappa shape index (κ1) is 125. The van der Waals surface area contributed by atoms with Gasteiger partial charge < -0.3 is 102 Å². The monoisotopic (exact) mass is 1670 g/mol. The van der Waals surface area contributed by atoms with Gasteiger partial charge in [-0.1, -0.05) is 344 Å². The number of fused-ring (bicyclic) bond motifs is 8. The van der Waals surface area contributed by atoms with Crippen molar-refractivity contribution in [2.24, 2.45) is 82.9 Å².